The molecule has 2 heterocycles. The maximum atomic E-state index is 13.6. The van der Waals surface area contributed by atoms with Crippen LogP contribution in [-0.2, 0) is 11.2 Å². The van der Waals surface area contributed by atoms with Crippen LogP contribution in [0.3, 0.4) is 0 Å². The van der Waals surface area contributed by atoms with E-state index in [0.29, 0.717) is 17.3 Å². The van der Waals surface area contributed by atoms with E-state index >= 15 is 0 Å². The van der Waals surface area contributed by atoms with Gasteiger partial charge in [-0.15, -0.1) is 0 Å². The van der Waals surface area contributed by atoms with E-state index in [1.165, 1.54) is 12.0 Å². The number of fused-ring (bicyclic) bond motifs is 1. The largest absolute Gasteiger partial charge is 0.493 e. The number of methoxy groups -OCH3 is 2. The van der Waals surface area contributed by atoms with E-state index in [1.807, 2.05) is 19.1 Å². The maximum absolute atomic E-state index is 13.6. The van der Waals surface area contributed by atoms with Crippen molar-refractivity contribution in [2.45, 2.75) is 19.0 Å². The Morgan fingerprint density at radius 1 is 1.16 bits per heavy atom. The van der Waals surface area contributed by atoms with Gasteiger partial charge >= 0.3 is 0 Å². The Hall–Kier alpha value is -3.58. The Kier molecular flexibility index (Phi) is 5.76. The molecule has 32 heavy (non-hydrogen) atoms. The third-order valence-electron chi connectivity index (χ3n) is 5.38. The van der Waals surface area contributed by atoms with Crippen molar-refractivity contribution in [3.8, 4) is 11.5 Å². The van der Waals surface area contributed by atoms with E-state index < -0.39 is 11.6 Å². The van der Waals surface area contributed by atoms with Crippen molar-refractivity contribution in [1.29, 1.82) is 0 Å². The molecule has 1 atom stereocenters. The minimum atomic E-state index is -1.55. The Morgan fingerprint density at radius 3 is 2.59 bits per heavy atom. The number of carbonyl (C=O) groups excluding carboxylic acids is 2. The molecule has 0 bridgehead atoms. The number of ether oxygens (including phenoxy) is 2. The molecule has 8 heteroatoms. The molecule has 4 rings (SSSR count). The SMILES string of the molecule is COc1ccc(CC2(NC(=O)c3ccccc3Cl)N=C3C(C)=CC=CN3C2=O)cc1OC. The summed E-state index contributed by atoms with van der Waals surface area (Å²) in [4.78, 5) is 32.9. The standard InChI is InChI=1S/C24H22ClN3O4/c1-15-7-6-12-28-21(15)26-24(23(28)30,27-22(29)17-8-4-5-9-18(17)25)14-16-10-11-19(31-2)20(13-16)32-3/h4-13H,14H2,1-3H3,(H,27,29). The van der Waals surface area contributed by atoms with Crippen LogP contribution in [0, 0.1) is 0 Å². The molecule has 0 aromatic heterocycles. The topological polar surface area (TPSA) is 80.2 Å². The van der Waals surface area contributed by atoms with Gasteiger partial charge in [-0.05, 0) is 48.4 Å². The Balaban J connectivity index is 1.77. The number of hydrogen-bond acceptors (Lipinski definition) is 5. The maximum Gasteiger partial charge on any atom is 0.281 e. The first kappa shape index (κ1) is 21.6. The Bertz CT molecular complexity index is 1190. The number of amides is 2. The number of benzene rings is 2. The fraction of sp³-hybridized carbons (Fsp3) is 0.208. The predicted molar refractivity (Wildman–Crippen MR) is 122 cm³/mol. The van der Waals surface area contributed by atoms with Gasteiger partial charge in [0.2, 0.25) is 5.66 Å². The molecule has 2 aromatic carbocycles. The molecule has 0 saturated carbocycles. The van der Waals surface area contributed by atoms with Gasteiger partial charge in [-0.1, -0.05) is 35.9 Å². The van der Waals surface area contributed by atoms with E-state index in [0.717, 1.165) is 11.1 Å². The number of amidine groups is 1. The molecule has 0 spiro atoms. The molecule has 1 N–H and O–H groups in total. The van der Waals surface area contributed by atoms with Crippen LogP contribution in [0.1, 0.15) is 22.8 Å². The van der Waals surface area contributed by atoms with Crippen LogP contribution >= 0.6 is 11.6 Å². The monoisotopic (exact) mass is 451 g/mol. The number of aliphatic imine (C=N–C) groups is 1. The van der Waals surface area contributed by atoms with Gasteiger partial charge in [-0.3, -0.25) is 14.5 Å². The number of nitrogens with zero attached hydrogens (tertiary/aromatic N) is 2. The Morgan fingerprint density at radius 2 is 1.91 bits per heavy atom. The number of hydrogen-bond donors (Lipinski definition) is 1. The molecule has 0 fully saturated rings. The number of nitrogens with one attached hydrogen (secondary N) is 1. The van der Waals surface area contributed by atoms with Gasteiger partial charge in [0, 0.05) is 12.6 Å². The summed E-state index contributed by atoms with van der Waals surface area (Å²) in [6.45, 7) is 1.87. The smallest absolute Gasteiger partial charge is 0.281 e. The van der Waals surface area contributed by atoms with Crippen molar-refractivity contribution >= 4 is 29.3 Å². The van der Waals surface area contributed by atoms with Gasteiger partial charge in [0.25, 0.3) is 11.8 Å². The zero-order valence-electron chi connectivity index (χ0n) is 17.9. The van der Waals surface area contributed by atoms with Gasteiger partial charge in [0.1, 0.15) is 5.84 Å². The predicted octanol–water partition coefficient (Wildman–Crippen LogP) is 3.74. The minimum absolute atomic E-state index is 0.115. The van der Waals surface area contributed by atoms with Gasteiger partial charge < -0.3 is 14.8 Å². The number of halogens is 1. The summed E-state index contributed by atoms with van der Waals surface area (Å²) in [7, 11) is 3.09. The molecule has 2 aromatic rings. The summed E-state index contributed by atoms with van der Waals surface area (Å²) < 4.78 is 10.7. The van der Waals surface area contributed by atoms with Crippen LogP contribution in [0.25, 0.3) is 0 Å². The first-order valence-electron chi connectivity index (χ1n) is 9.95. The summed E-state index contributed by atoms with van der Waals surface area (Å²) in [5.74, 6) is 0.737. The second-order valence-corrected chi connectivity index (χ2v) is 7.87. The fourth-order valence-electron chi connectivity index (χ4n) is 3.77. The highest BCUT2D eigenvalue weighted by molar-refractivity contribution is 6.34. The number of rotatable bonds is 6. The van der Waals surface area contributed by atoms with E-state index in [4.69, 9.17) is 26.1 Å². The third kappa shape index (κ3) is 3.76. The highest BCUT2D eigenvalue weighted by atomic mass is 35.5. The van der Waals surface area contributed by atoms with E-state index in [1.54, 1.807) is 55.8 Å². The second-order valence-electron chi connectivity index (χ2n) is 7.46. The molecule has 2 aliphatic heterocycles. The highest BCUT2D eigenvalue weighted by Gasteiger charge is 2.50. The first-order chi connectivity index (χ1) is 15.4. The van der Waals surface area contributed by atoms with Crippen molar-refractivity contribution in [3.05, 3.63) is 82.5 Å². The van der Waals surface area contributed by atoms with Gasteiger partial charge in [0.15, 0.2) is 11.5 Å². The van der Waals surface area contributed by atoms with Crippen LogP contribution in [0.2, 0.25) is 5.02 Å². The normalized spacial score (nSPS) is 19.2. The van der Waals surface area contributed by atoms with E-state index in [-0.39, 0.29) is 22.9 Å². The Labute approximate surface area is 191 Å². The van der Waals surface area contributed by atoms with Crippen LogP contribution in [-0.4, -0.2) is 42.4 Å². The fourth-order valence-corrected chi connectivity index (χ4v) is 3.99. The van der Waals surface area contributed by atoms with E-state index in [2.05, 4.69) is 5.32 Å². The number of carbonyl (C=O) groups is 2. The summed E-state index contributed by atoms with van der Waals surface area (Å²) in [5.41, 5.74) is 0.281. The first-order valence-corrected chi connectivity index (χ1v) is 10.3. The quantitative estimate of drug-likeness (QED) is 0.725. The lowest BCUT2D eigenvalue weighted by atomic mass is 9.98. The molecule has 7 nitrogen and oxygen atoms in total. The third-order valence-corrected chi connectivity index (χ3v) is 5.71. The molecular weight excluding hydrogens is 430 g/mol. The van der Waals surface area contributed by atoms with Crippen LogP contribution < -0.4 is 14.8 Å². The zero-order valence-corrected chi connectivity index (χ0v) is 18.6. The second kappa shape index (κ2) is 8.51. The molecular formula is C24H22ClN3O4. The molecule has 2 aliphatic rings. The van der Waals surface area contributed by atoms with Crippen LogP contribution in [0.4, 0.5) is 0 Å². The molecule has 164 valence electrons. The van der Waals surface area contributed by atoms with Crippen LogP contribution in [0.15, 0.2) is 71.4 Å². The molecule has 0 aliphatic carbocycles. The lowest BCUT2D eigenvalue weighted by Crippen LogP contribution is -2.55. The number of allylic oxidation sites excluding steroid dienone is 2. The van der Waals surface area contributed by atoms with Crippen molar-refractivity contribution in [3.63, 3.8) is 0 Å². The van der Waals surface area contributed by atoms with Gasteiger partial charge in [-0.2, -0.15) is 0 Å². The van der Waals surface area contributed by atoms with E-state index in [9.17, 15) is 9.59 Å². The summed E-state index contributed by atoms with van der Waals surface area (Å²) in [6, 6.07) is 12.0. The van der Waals surface area contributed by atoms with Crippen LogP contribution in [0.5, 0.6) is 11.5 Å². The van der Waals surface area contributed by atoms with Crippen molar-refractivity contribution in [2.24, 2.45) is 4.99 Å². The molecule has 0 saturated heterocycles. The highest BCUT2D eigenvalue weighted by Crippen LogP contribution is 2.33. The van der Waals surface area contributed by atoms with Crippen molar-refractivity contribution in [1.82, 2.24) is 10.2 Å². The lowest BCUT2D eigenvalue weighted by Gasteiger charge is -2.27. The summed E-state index contributed by atoms with van der Waals surface area (Å²) in [6.07, 6.45) is 5.40. The molecule has 2 amide bonds. The van der Waals surface area contributed by atoms with Gasteiger partial charge in [-0.25, -0.2) is 4.99 Å². The minimum Gasteiger partial charge on any atom is -0.493 e. The molecule has 1 unspecified atom stereocenters. The average Bonchev–Trinajstić information content (AvgIpc) is 3.06. The lowest BCUT2D eigenvalue weighted by molar-refractivity contribution is -0.130. The van der Waals surface area contributed by atoms with Crippen molar-refractivity contribution in [2.75, 3.05) is 14.2 Å². The average molecular weight is 452 g/mol. The summed E-state index contributed by atoms with van der Waals surface area (Å²) >= 11 is 6.22. The molecule has 0 radical (unpaired) electrons. The summed E-state index contributed by atoms with van der Waals surface area (Å²) in [5, 5.41) is 3.15. The van der Waals surface area contributed by atoms with Gasteiger partial charge in [0.05, 0.1) is 24.8 Å². The van der Waals surface area contributed by atoms with Crippen molar-refractivity contribution < 1.29 is 19.1 Å². The zero-order chi connectivity index (χ0) is 22.9.